The van der Waals surface area contributed by atoms with E-state index in [1.54, 1.807) is 17.5 Å². The summed E-state index contributed by atoms with van der Waals surface area (Å²) in [5, 5.41) is 7.78. The number of aromatic nitrogens is 1. The first kappa shape index (κ1) is 18.2. The third-order valence-corrected chi connectivity index (χ3v) is 5.27. The second-order valence-corrected chi connectivity index (χ2v) is 7.40. The van der Waals surface area contributed by atoms with E-state index in [1.165, 1.54) is 30.4 Å². The van der Waals surface area contributed by atoms with Crippen LogP contribution in [0.4, 0.5) is 16.5 Å². The average Bonchev–Trinajstić information content (AvgIpc) is 3.45. The normalized spacial score (nSPS) is 13.5. The highest BCUT2D eigenvalue weighted by Gasteiger charge is 2.15. The molecule has 3 aromatic rings. The molecule has 144 valence electrons. The topological polar surface area (TPSA) is 87.5 Å². The summed E-state index contributed by atoms with van der Waals surface area (Å²) >= 11 is 1.27. The molecular formula is C20H20N4O3S. The predicted octanol–water partition coefficient (Wildman–Crippen LogP) is 3.77. The Labute approximate surface area is 166 Å². The van der Waals surface area contributed by atoms with E-state index in [9.17, 15) is 9.59 Å². The zero-order chi connectivity index (χ0) is 19.3. The van der Waals surface area contributed by atoms with E-state index in [2.05, 4.69) is 26.6 Å². The van der Waals surface area contributed by atoms with Crippen LogP contribution in [0.1, 0.15) is 29.1 Å². The maximum absolute atomic E-state index is 12.4. The smallest absolute Gasteiger partial charge is 0.293 e. The first-order valence-corrected chi connectivity index (χ1v) is 9.99. The van der Waals surface area contributed by atoms with Gasteiger partial charge in [0.15, 0.2) is 10.9 Å². The van der Waals surface area contributed by atoms with Gasteiger partial charge < -0.3 is 14.6 Å². The summed E-state index contributed by atoms with van der Waals surface area (Å²) in [7, 11) is 0. The highest BCUT2D eigenvalue weighted by Crippen LogP contribution is 2.23. The number of furan rings is 1. The molecule has 1 aliphatic heterocycles. The molecule has 0 radical (unpaired) electrons. The van der Waals surface area contributed by atoms with Gasteiger partial charge in [-0.15, -0.1) is 11.3 Å². The number of hydrogen-bond donors (Lipinski definition) is 2. The molecule has 8 heteroatoms. The van der Waals surface area contributed by atoms with Crippen LogP contribution in [0, 0.1) is 0 Å². The number of benzene rings is 1. The molecule has 0 unspecified atom stereocenters. The molecule has 1 aromatic carbocycles. The summed E-state index contributed by atoms with van der Waals surface area (Å²) in [6.07, 6.45) is 3.99. The number of hydrogen-bond acceptors (Lipinski definition) is 6. The molecule has 2 amide bonds. The van der Waals surface area contributed by atoms with Gasteiger partial charge in [-0.05, 0) is 43.2 Å². The molecule has 2 aromatic heterocycles. The molecule has 0 spiro atoms. The van der Waals surface area contributed by atoms with Gasteiger partial charge in [0.05, 0.1) is 18.4 Å². The molecule has 1 fully saturated rings. The molecule has 1 saturated heterocycles. The Kier molecular flexibility index (Phi) is 5.38. The Morgan fingerprint density at radius 3 is 2.79 bits per heavy atom. The van der Waals surface area contributed by atoms with E-state index in [0.29, 0.717) is 10.8 Å². The Hall–Kier alpha value is -3.13. The largest absolute Gasteiger partial charge is 0.459 e. The van der Waals surface area contributed by atoms with Gasteiger partial charge in [-0.3, -0.25) is 14.9 Å². The van der Waals surface area contributed by atoms with Gasteiger partial charge in [0, 0.05) is 29.8 Å². The van der Waals surface area contributed by atoms with Crippen molar-refractivity contribution in [2.24, 2.45) is 0 Å². The number of amides is 2. The van der Waals surface area contributed by atoms with Gasteiger partial charge in [-0.25, -0.2) is 4.98 Å². The van der Waals surface area contributed by atoms with Gasteiger partial charge in [0.2, 0.25) is 5.91 Å². The predicted molar refractivity (Wildman–Crippen MR) is 109 cm³/mol. The number of nitrogens with zero attached hydrogens (tertiary/aromatic N) is 2. The minimum atomic E-state index is -0.367. The van der Waals surface area contributed by atoms with Crippen molar-refractivity contribution in [1.29, 1.82) is 0 Å². The van der Waals surface area contributed by atoms with Gasteiger partial charge >= 0.3 is 0 Å². The molecule has 0 aliphatic carbocycles. The van der Waals surface area contributed by atoms with Crippen LogP contribution >= 0.6 is 11.3 Å². The highest BCUT2D eigenvalue weighted by molar-refractivity contribution is 7.14. The Morgan fingerprint density at radius 2 is 2.00 bits per heavy atom. The summed E-state index contributed by atoms with van der Waals surface area (Å²) in [6, 6.07) is 11.1. The average molecular weight is 396 g/mol. The van der Waals surface area contributed by atoms with E-state index in [4.69, 9.17) is 4.42 Å². The zero-order valence-corrected chi connectivity index (χ0v) is 16.0. The van der Waals surface area contributed by atoms with Gasteiger partial charge in [0.25, 0.3) is 5.91 Å². The van der Waals surface area contributed by atoms with E-state index in [0.717, 1.165) is 24.5 Å². The molecule has 28 heavy (non-hydrogen) atoms. The molecule has 0 saturated carbocycles. The van der Waals surface area contributed by atoms with Crippen LogP contribution in [0.15, 0.2) is 52.5 Å². The molecule has 3 heterocycles. The van der Waals surface area contributed by atoms with Crippen molar-refractivity contribution in [2.45, 2.75) is 19.3 Å². The van der Waals surface area contributed by atoms with Crippen molar-refractivity contribution in [2.75, 3.05) is 28.6 Å². The lowest BCUT2D eigenvalue weighted by molar-refractivity contribution is -0.115. The van der Waals surface area contributed by atoms with Crippen molar-refractivity contribution in [3.05, 3.63) is 59.5 Å². The Balaban J connectivity index is 1.33. The van der Waals surface area contributed by atoms with E-state index in [-0.39, 0.29) is 24.0 Å². The minimum absolute atomic E-state index is 0.140. The fourth-order valence-corrected chi connectivity index (χ4v) is 3.84. The van der Waals surface area contributed by atoms with Crippen molar-refractivity contribution in [1.82, 2.24) is 4.98 Å². The second-order valence-electron chi connectivity index (χ2n) is 6.54. The number of carbonyl (C=O) groups is 2. The SMILES string of the molecule is O=C(Cc1csc(NC(=O)c2ccco2)n1)Nc1cccc(N2CCCC2)c1. The number of rotatable bonds is 6. The van der Waals surface area contributed by atoms with Crippen molar-refractivity contribution in [3.63, 3.8) is 0 Å². The molecule has 2 N–H and O–H groups in total. The van der Waals surface area contributed by atoms with E-state index >= 15 is 0 Å². The van der Waals surface area contributed by atoms with Crippen LogP contribution in [0.5, 0.6) is 0 Å². The number of carbonyl (C=O) groups excluding carboxylic acids is 2. The number of thiazole rings is 1. The van der Waals surface area contributed by atoms with Crippen LogP contribution in [0.2, 0.25) is 0 Å². The summed E-state index contributed by atoms with van der Waals surface area (Å²) in [4.78, 5) is 31.0. The number of nitrogens with one attached hydrogen (secondary N) is 2. The van der Waals surface area contributed by atoms with Crippen LogP contribution in [0.25, 0.3) is 0 Å². The summed E-state index contributed by atoms with van der Waals surface area (Å²) in [6.45, 7) is 2.12. The quantitative estimate of drug-likeness (QED) is 0.662. The van der Waals surface area contributed by atoms with Crippen molar-refractivity contribution >= 4 is 39.7 Å². The second kappa shape index (κ2) is 8.26. The first-order chi connectivity index (χ1) is 13.7. The standard InChI is InChI=1S/C20H20N4O3S/c25-18(21-14-5-3-6-16(11-14)24-8-1-2-9-24)12-15-13-28-20(22-15)23-19(26)17-7-4-10-27-17/h3-7,10-11,13H,1-2,8-9,12H2,(H,21,25)(H,22,23,26). The monoisotopic (exact) mass is 396 g/mol. The fourth-order valence-electron chi connectivity index (χ4n) is 3.14. The van der Waals surface area contributed by atoms with Crippen molar-refractivity contribution < 1.29 is 14.0 Å². The van der Waals surface area contributed by atoms with Crippen LogP contribution < -0.4 is 15.5 Å². The molecule has 0 bridgehead atoms. The van der Waals surface area contributed by atoms with E-state index < -0.39 is 0 Å². The third-order valence-electron chi connectivity index (χ3n) is 4.46. The van der Waals surface area contributed by atoms with Gasteiger partial charge in [0.1, 0.15) is 0 Å². The lowest BCUT2D eigenvalue weighted by Crippen LogP contribution is -2.18. The van der Waals surface area contributed by atoms with E-state index in [1.807, 2.05) is 18.2 Å². The Morgan fingerprint density at radius 1 is 1.14 bits per heavy atom. The summed E-state index contributed by atoms with van der Waals surface area (Å²) in [5.41, 5.74) is 2.51. The molecular weight excluding hydrogens is 376 g/mol. The van der Waals surface area contributed by atoms with Crippen molar-refractivity contribution in [3.8, 4) is 0 Å². The van der Waals surface area contributed by atoms with Gasteiger partial charge in [-0.2, -0.15) is 0 Å². The van der Waals surface area contributed by atoms with Crippen LogP contribution in [-0.4, -0.2) is 29.9 Å². The van der Waals surface area contributed by atoms with Crippen LogP contribution in [0.3, 0.4) is 0 Å². The maximum atomic E-state index is 12.4. The third kappa shape index (κ3) is 4.40. The first-order valence-electron chi connectivity index (χ1n) is 9.11. The number of anilines is 3. The molecule has 4 rings (SSSR count). The lowest BCUT2D eigenvalue weighted by Gasteiger charge is -2.18. The highest BCUT2D eigenvalue weighted by atomic mass is 32.1. The molecule has 7 nitrogen and oxygen atoms in total. The Bertz CT molecular complexity index is 962. The lowest BCUT2D eigenvalue weighted by atomic mass is 10.2. The summed E-state index contributed by atoms with van der Waals surface area (Å²) < 4.78 is 5.05. The maximum Gasteiger partial charge on any atom is 0.293 e. The van der Waals surface area contributed by atoms with Crippen LogP contribution in [-0.2, 0) is 11.2 Å². The molecule has 1 aliphatic rings. The van der Waals surface area contributed by atoms with Gasteiger partial charge in [-0.1, -0.05) is 6.07 Å². The molecule has 0 atom stereocenters. The fraction of sp³-hybridized carbons (Fsp3) is 0.250. The minimum Gasteiger partial charge on any atom is -0.459 e. The zero-order valence-electron chi connectivity index (χ0n) is 15.2. The summed E-state index contributed by atoms with van der Waals surface area (Å²) in [5.74, 6) is -0.297.